The molecule has 0 spiro atoms. The topological polar surface area (TPSA) is 21.3 Å². The van der Waals surface area contributed by atoms with Crippen LogP contribution in [0.3, 0.4) is 0 Å². The maximum atomic E-state index is 5.44. The molecule has 0 saturated heterocycles. The lowest BCUT2D eigenvalue weighted by Gasteiger charge is -2.18. The first-order valence-corrected chi connectivity index (χ1v) is 7.53. The van der Waals surface area contributed by atoms with Crippen LogP contribution in [0.4, 0.5) is 0 Å². The normalized spacial score (nSPS) is 12.4. The molecule has 0 bridgehead atoms. The smallest absolute Gasteiger partial charge is 0.122 e. The van der Waals surface area contributed by atoms with Gasteiger partial charge in [-0.15, -0.1) is 0 Å². The highest BCUT2D eigenvalue weighted by molar-refractivity contribution is 9.10. The lowest BCUT2D eigenvalue weighted by molar-refractivity contribution is 0.395. The minimum absolute atomic E-state index is 0.679. The number of hydrogen-bond acceptors (Lipinski definition) is 2. The van der Waals surface area contributed by atoms with Crippen molar-refractivity contribution in [2.24, 2.45) is 5.92 Å². The van der Waals surface area contributed by atoms with Crippen LogP contribution in [0.2, 0.25) is 0 Å². The largest absolute Gasteiger partial charge is 0.496 e. The van der Waals surface area contributed by atoms with Crippen LogP contribution in [0.25, 0.3) is 0 Å². The molecule has 0 aromatic heterocycles. The van der Waals surface area contributed by atoms with E-state index in [1.807, 2.05) is 12.1 Å². The summed E-state index contributed by atoms with van der Waals surface area (Å²) in [5.74, 6) is 1.67. The molecule has 2 nitrogen and oxygen atoms in total. The maximum absolute atomic E-state index is 5.44. The molecular formula is C15H24BrNO. The van der Waals surface area contributed by atoms with Gasteiger partial charge in [0, 0.05) is 4.47 Å². The number of methoxy groups -OCH3 is 1. The van der Waals surface area contributed by atoms with Gasteiger partial charge < -0.3 is 10.1 Å². The first kappa shape index (κ1) is 15.5. The molecule has 0 aliphatic rings. The van der Waals surface area contributed by atoms with Crippen molar-refractivity contribution in [2.45, 2.75) is 33.1 Å². The van der Waals surface area contributed by atoms with Crippen LogP contribution >= 0.6 is 15.9 Å². The van der Waals surface area contributed by atoms with E-state index in [0.29, 0.717) is 5.92 Å². The highest BCUT2D eigenvalue weighted by Crippen LogP contribution is 2.26. The predicted octanol–water partition coefficient (Wildman–Crippen LogP) is 4.03. The summed E-state index contributed by atoms with van der Waals surface area (Å²) in [6.45, 7) is 6.52. The van der Waals surface area contributed by atoms with Crippen molar-refractivity contribution < 1.29 is 4.74 Å². The Hall–Kier alpha value is -0.540. The maximum Gasteiger partial charge on any atom is 0.122 e. The van der Waals surface area contributed by atoms with E-state index in [1.54, 1.807) is 7.11 Å². The van der Waals surface area contributed by atoms with Crippen LogP contribution in [0.5, 0.6) is 5.75 Å². The molecule has 1 unspecified atom stereocenters. The van der Waals surface area contributed by atoms with Gasteiger partial charge in [-0.1, -0.05) is 36.2 Å². The van der Waals surface area contributed by atoms with Crippen LogP contribution < -0.4 is 10.1 Å². The predicted molar refractivity (Wildman–Crippen MR) is 81.3 cm³/mol. The third-order valence-corrected chi connectivity index (χ3v) is 3.62. The van der Waals surface area contributed by atoms with Gasteiger partial charge in [0.2, 0.25) is 0 Å². The van der Waals surface area contributed by atoms with E-state index >= 15 is 0 Å². The highest BCUT2D eigenvalue weighted by atomic mass is 79.9. The van der Waals surface area contributed by atoms with Crippen molar-refractivity contribution in [1.82, 2.24) is 5.32 Å². The van der Waals surface area contributed by atoms with Gasteiger partial charge in [-0.2, -0.15) is 0 Å². The Kier molecular flexibility index (Phi) is 7.36. The average molecular weight is 314 g/mol. The molecule has 3 heteroatoms. The Bertz CT molecular complexity index is 354. The molecule has 0 radical (unpaired) electrons. The number of nitrogens with one attached hydrogen (secondary N) is 1. The number of rotatable bonds is 8. The van der Waals surface area contributed by atoms with Gasteiger partial charge in [0.1, 0.15) is 5.75 Å². The fourth-order valence-electron chi connectivity index (χ4n) is 2.25. The van der Waals surface area contributed by atoms with Gasteiger partial charge in [0.05, 0.1) is 7.11 Å². The zero-order chi connectivity index (χ0) is 13.4. The van der Waals surface area contributed by atoms with Gasteiger partial charge in [0.15, 0.2) is 0 Å². The Morgan fingerprint density at radius 1 is 1.33 bits per heavy atom. The fourth-order valence-corrected chi connectivity index (χ4v) is 2.66. The first-order valence-electron chi connectivity index (χ1n) is 6.74. The van der Waals surface area contributed by atoms with Crippen LogP contribution in [-0.2, 0) is 6.42 Å². The molecule has 1 aromatic rings. The molecule has 1 atom stereocenters. The summed E-state index contributed by atoms with van der Waals surface area (Å²) in [5.41, 5.74) is 1.29. The quantitative estimate of drug-likeness (QED) is 0.782. The molecule has 102 valence electrons. The van der Waals surface area contributed by atoms with Gasteiger partial charge in [0.25, 0.3) is 0 Å². The molecule has 0 aliphatic heterocycles. The van der Waals surface area contributed by atoms with Crippen molar-refractivity contribution in [1.29, 1.82) is 0 Å². The van der Waals surface area contributed by atoms with E-state index in [-0.39, 0.29) is 0 Å². The second-order valence-electron chi connectivity index (χ2n) is 4.62. The number of benzene rings is 1. The molecule has 0 aliphatic carbocycles. The molecule has 1 aromatic carbocycles. The summed E-state index contributed by atoms with van der Waals surface area (Å²) >= 11 is 3.54. The lowest BCUT2D eigenvalue weighted by Crippen LogP contribution is -2.24. The average Bonchev–Trinajstić information content (AvgIpc) is 2.36. The summed E-state index contributed by atoms with van der Waals surface area (Å²) in [6.07, 6.45) is 3.55. The molecule has 18 heavy (non-hydrogen) atoms. The van der Waals surface area contributed by atoms with Crippen LogP contribution in [0.1, 0.15) is 32.3 Å². The third-order valence-electron chi connectivity index (χ3n) is 3.13. The van der Waals surface area contributed by atoms with Crippen LogP contribution in [-0.4, -0.2) is 20.2 Å². The van der Waals surface area contributed by atoms with Crippen molar-refractivity contribution in [3.8, 4) is 5.75 Å². The summed E-state index contributed by atoms with van der Waals surface area (Å²) in [7, 11) is 1.74. The van der Waals surface area contributed by atoms with E-state index in [2.05, 4.69) is 41.2 Å². The van der Waals surface area contributed by atoms with Crippen molar-refractivity contribution in [3.05, 3.63) is 28.2 Å². The Morgan fingerprint density at radius 3 is 2.72 bits per heavy atom. The van der Waals surface area contributed by atoms with Crippen LogP contribution in [0.15, 0.2) is 22.7 Å². The number of halogens is 1. The zero-order valence-electron chi connectivity index (χ0n) is 11.6. The summed E-state index contributed by atoms with van der Waals surface area (Å²) < 4.78 is 6.56. The lowest BCUT2D eigenvalue weighted by atomic mass is 9.94. The standard InChI is InChI=1S/C15H24BrNO/c1-4-6-12(11-17-5-2)9-13-10-14(16)7-8-15(13)18-3/h7-8,10,12,17H,4-6,9,11H2,1-3H3. The second kappa shape index (κ2) is 8.54. The summed E-state index contributed by atoms with van der Waals surface area (Å²) in [6, 6.07) is 6.24. The molecule has 1 rings (SSSR count). The van der Waals surface area contributed by atoms with Gasteiger partial charge in [-0.25, -0.2) is 0 Å². The minimum Gasteiger partial charge on any atom is -0.496 e. The fraction of sp³-hybridized carbons (Fsp3) is 0.600. The molecular weight excluding hydrogens is 290 g/mol. The van der Waals surface area contributed by atoms with E-state index < -0.39 is 0 Å². The van der Waals surface area contributed by atoms with E-state index in [1.165, 1.54) is 18.4 Å². The van der Waals surface area contributed by atoms with Gasteiger partial charge >= 0.3 is 0 Å². The van der Waals surface area contributed by atoms with E-state index in [0.717, 1.165) is 29.7 Å². The monoisotopic (exact) mass is 313 g/mol. The molecule has 0 heterocycles. The number of ether oxygens (including phenoxy) is 1. The van der Waals surface area contributed by atoms with Crippen molar-refractivity contribution in [3.63, 3.8) is 0 Å². The minimum atomic E-state index is 0.679. The highest BCUT2D eigenvalue weighted by Gasteiger charge is 2.12. The Morgan fingerprint density at radius 2 is 2.11 bits per heavy atom. The Labute approximate surface area is 119 Å². The second-order valence-corrected chi connectivity index (χ2v) is 5.54. The SMILES string of the molecule is CCCC(CNCC)Cc1cc(Br)ccc1OC. The van der Waals surface area contributed by atoms with E-state index in [4.69, 9.17) is 4.74 Å². The van der Waals surface area contributed by atoms with Gasteiger partial charge in [-0.05, 0) is 55.6 Å². The van der Waals surface area contributed by atoms with E-state index in [9.17, 15) is 0 Å². The summed E-state index contributed by atoms with van der Waals surface area (Å²) in [5, 5.41) is 3.45. The number of hydrogen-bond donors (Lipinski definition) is 1. The van der Waals surface area contributed by atoms with Gasteiger partial charge in [-0.3, -0.25) is 0 Å². The van der Waals surface area contributed by atoms with Crippen molar-refractivity contribution in [2.75, 3.05) is 20.2 Å². The molecule has 1 N–H and O–H groups in total. The third kappa shape index (κ3) is 4.99. The molecule has 0 fully saturated rings. The Balaban J connectivity index is 2.74. The zero-order valence-corrected chi connectivity index (χ0v) is 13.2. The first-order chi connectivity index (χ1) is 8.71. The molecule has 0 saturated carbocycles. The van der Waals surface area contributed by atoms with Crippen LogP contribution in [0, 0.1) is 5.92 Å². The molecule has 0 amide bonds. The summed E-state index contributed by atoms with van der Waals surface area (Å²) in [4.78, 5) is 0. The van der Waals surface area contributed by atoms with Crippen molar-refractivity contribution >= 4 is 15.9 Å².